The van der Waals surface area contributed by atoms with Crippen molar-refractivity contribution in [1.29, 1.82) is 0 Å². The van der Waals surface area contributed by atoms with Gasteiger partial charge in [0.25, 0.3) is 0 Å². The zero-order chi connectivity index (χ0) is 19.8. The molecular formula is C21H27FN2O3. The van der Waals surface area contributed by atoms with E-state index in [2.05, 4.69) is 5.32 Å². The van der Waals surface area contributed by atoms with Crippen LogP contribution in [0, 0.1) is 5.82 Å². The summed E-state index contributed by atoms with van der Waals surface area (Å²) in [4.78, 5) is 14.3. The van der Waals surface area contributed by atoms with Gasteiger partial charge in [-0.25, -0.2) is 4.39 Å². The number of carbonyl (C=O) groups is 1. The van der Waals surface area contributed by atoms with Crippen molar-refractivity contribution >= 4 is 11.6 Å². The molecule has 1 unspecified atom stereocenters. The number of ether oxygens (including phenoxy) is 2. The molecule has 0 aliphatic heterocycles. The Balaban J connectivity index is 1.99. The van der Waals surface area contributed by atoms with Crippen LogP contribution >= 0.6 is 0 Å². The van der Waals surface area contributed by atoms with Crippen LogP contribution in [0.2, 0.25) is 0 Å². The van der Waals surface area contributed by atoms with Crippen molar-refractivity contribution in [3.05, 3.63) is 53.8 Å². The number of nitrogens with one attached hydrogen (secondary N) is 1. The number of amides is 1. The maximum Gasteiger partial charge on any atom is 0.238 e. The van der Waals surface area contributed by atoms with Gasteiger partial charge in [-0.15, -0.1) is 0 Å². The van der Waals surface area contributed by atoms with Gasteiger partial charge in [-0.1, -0.05) is 12.1 Å². The third-order valence-electron chi connectivity index (χ3n) is 4.23. The van der Waals surface area contributed by atoms with Gasteiger partial charge in [-0.3, -0.25) is 9.69 Å². The van der Waals surface area contributed by atoms with E-state index in [1.54, 1.807) is 30.3 Å². The second-order valence-electron chi connectivity index (χ2n) is 6.22. The zero-order valence-electron chi connectivity index (χ0n) is 16.3. The molecular weight excluding hydrogens is 347 g/mol. The lowest BCUT2D eigenvalue weighted by atomic mass is 10.1. The van der Waals surface area contributed by atoms with Gasteiger partial charge in [0.1, 0.15) is 5.82 Å². The van der Waals surface area contributed by atoms with Crippen LogP contribution in [0.25, 0.3) is 0 Å². The lowest BCUT2D eigenvalue weighted by Gasteiger charge is -2.24. The first-order valence-electron chi connectivity index (χ1n) is 9.09. The maximum absolute atomic E-state index is 13.1. The highest BCUT2D eigenvalue weighted by atomic mass is 19.1. The highest BCUT2D eigenvalue weighted by Crippen LogP contribution is 2.30. The fraction of sp³-hybridized carbons (Fsp3) is 0.381. The summed E-state index contributed by atoms with van der Waals surface area (Å²) in [5.41, 5.74) is 1.60. The highest BCUT2D eigenvalue weighted by molar-refractivity contribution is 5.92. The number of halogens is 1. The van der Waals surface area contributed by atoms with Crippen LogP contribution in [0.5, 0.6) is 11.5 Å². The molecule has 0 saturated carbocycles. The third-order valence-corrected chi connectivity index (χ3v) is 4.23. The molecule has 0 saturated heterocycles. The van der Waals surface area contributed by atoms with Crippen molar-refractivity contribution in [3.63, 3.8) is 0 Å². The molecule has 0 aliphatic carbocycles. The average molecular weight is 374 g/mol. The molecule has 0 spiro atoms. The number of hydrogen-bond acceptors (Lipinski definition) is 4. The Morgan fingerprint density at radius 3 is 2.33 bits per heavy atom. The van der Waals surface area contributed by atoms with E-state index in [-0.39, 0.29) is 24.3 Å². The average Bonchev–Trinajstić information content (AvgIpc) is 2.64. The summed E-state index contributed by atoms with van der Waals surface area (Å²) < 4.78 is 24.2. The van der Waals surface area contributed by atoms with E-state index < -0.39 is 0 Å². The molecule has 0 radical (unpaired) electrons. The van der Waals surface area contributed by atoms with Gasteiger partial charge in [-0.05, 0) is 57.6 Å². The van der Waals surface area contributed by atoms with E-state index in [0.29, 0.717) is 30.4 Å². The van der Waals surface area contributed by atoms with Crippen LogP contribution < -0.4 is 14.8 Å². The van der Waals surface area contributed by atoms with E-state index in [9.17, 15) is 9.18 Å². The minimum absolute atomic E-state index is 0.0179. The van der Waals surface area contributed by atoms with Crippen LogP contribution in [-0.4, -0.2) is 37.6 Å². The fourth-order valence-corrected chi connectivity index (χ4v) is 2.69. The summed E-state index contributed by atoms with van der Waals surface area (Å²) in [6.07, 6.45) is 0. The number of benzene rings is 2. The van der Waals surface area contributed by atoms with Crippen LogP contribution in [-0.2, 0) is 4.79 Å². The number of hydrogen-bond donors (Lipinski definition) is 1. The predicted octanol–water partition coefficient (Wildman–Crippen LogP) is 4.25. The molecule has 6 heteroatoms. The summed E-state index contributed by atoms with van der Waals surface area (Å²) in [6.45, 7) is 7.03. The zero-order valence-corrected chi connectivity index (χ0v) is 16.3. The standard InChI is InChI=1S/C21H27FN2O3/c1-5-26-19-12-11-18(13-20(19)27-6-2)23-21(25)14-24(4)15(3)16-7-9-17(22)10-8-16/h7-13,15H,5-6,14H2,1-4H3,(H,23,25). The first-order valence-corrected chi connectivity index (χ1v) is 9.09. The monoisotopic (exact) mass is 374 g/mol. The van der Waals surface area contributed by atoms with Crippen LogP contribution in [0.4, 0.5) is 10.1 Å². The third kappa shape index (κ3) is 5.96. The van der Waals surface area contributed by atoms with Gasteiger partial charge in [0.15, 0.2) is 11.5 Å². The van der Waals surface area contributed by atoms with Crippen molar-refractivity contribution in [1.82, 2.24) is 4.90 Å². The van der Waals surface area contributed by atoms with E-state index in [4.69, 9.17) is 9.47 Å². The van der Waals surface area contributed by atoms with Gasteiger partial charge in [0.05, 0.1) is 19.8 Å². The lowest BCUT2D eigenvalue weighted by molar-refractivity contribution is -0.117. The molecule has 0 aromatic heterocycles. The van der Waals surface area contributed by atoms with Gasteiger partial charge >= 0.3 is 0 Å². The minimum atomic E-state index is -0.271. The van der Waals surface area contributed by atoms with E-state index in [1.807, 2.05) is 32.7 Å². The smallest absolute Gasteiger partial charge is 0.238 e. The summed E-state index contributed by atoms with van der Waals surface area (Å²) in [6, 6.07) is 11.6. The Bertz CT molecular complexity index is 750. The summed E-state index contributed by atoms with van der Waals surface area (Å²) in [5, 5.41) is 2.88. The molecule has 27 heavy (non-hydrogen) atoms. The molecule has 1 amide bonds. The Morgan fingerprint density at radius 1 is 1.07 bits per heavy atom. The van der Waals surface area contributed by atoms with Crippen molar-refractivity contribution in [2.24, 2.45) is 0 Å². The number of rotatable bonds is 9. The first kappa shape index (κ1) is 20.7. The lowest BCUT2D eigenvalue weighted by Crippen LogP contribution is -2.32. The Hall–Kier alpha value is -2.60. The summed E-state index contributed by atoms with van der Waals surface area (Å²) in [5.74, 6) is 0.842. The van der Waals surface area contributed by atoms with Crippen LogP contribution in [0.1, 0.15) is 32.4 Å². The number of nitrogens with zero attached hydrogens (tertiary/aromatic N) is 1. The fourth-order valence-electron chi connectivity index (χ4n) is 2.69. The Morgan fingerprint density at radius 2 is 1.70 bits per heavy atom. The van der Waals surface area contributed by atoms with Crippen molar-refractivity contribution < 1.29 is 18.7 Å². The van der Waals surface area contributed by atoms with E-state index >= 15 is 0 Å². The highest BCUT2D eigenvalue weighted by Gasteiger charge is 2.16. The summed E-state index contributed by atoms with van der Waals surface area (Å²) >= 11 is 0. The van der Waals surface area contributed by atoms with Crippen molar-refractivity contribution in [2.75, 3.05) is 32.1 Å². The van der Waals surface area contributed by atoms with E-state index in [1.165, 1.54) is 12.1 Å². The molecule has 2 aromatic rings. The number of anilines is 1. The second-order valence-corrected chi connectivity index (χ2v) is 6.22. The van der Waals surface area contributed by atoms with Gasteiger partial charge in [-0.2, -0.15) is 0 Å². The van der Waals surface area contributed by atoms with Crippen molar-refractivity contribution in [3.8, 4) is 11.5 Å². The SMILES string of the molecule is CCOc1ccc(NC(=O)CN(C)C(C)c2ccc(F)cc2)cc1OCC. The van der Waals surface area contributed by atoms with Crippen LogP contribution in [0.15, 0.2) is 42.5 Å². The van der Waals surface area contributed by atoms with Crippen molar-refractivity contribution in [2.45, 2.75) is 26.8 Å². The van der Waals surface area contributed by atoms with E-state index in [0.717, 1.165) is 5.56 Å². The molecule has 0 aliphatic rings. The quantitative estimate of drug-likeness (QED) is 0.713. The summed E-state index contributed by atoms with van der Waals surface area (Å²) in [7, 11) is 1.86. The molecule has 1 atom stereocenters. The van der Waals surface area contributed by atoms with Gasteiger partial charge in [0, 0.05) is 17.8 Å². The number of likely N-dealkylation sites (N-methyl/N-ethyl adjacent to an activating group) is 1. The maximum atomic E-state index is 13.1. The second kappa shape index (κ2) is 9.92. The molecule has 2 rings (SSSR count). The molecule has 2 aromatic carbocycles. The minimum Gasteiger partial charge on any atom is -0.490 e. The Labute approximate surface area is 160 Å². The molecule has 0 bridgehead atoms. The molecule has 5 nitrogen and oxygen atoms in total. The van der Waals surface area contributed by atoms with Gasteiger partial charge < -0.3 is 14.8 Å². The molecule has 1 N–H and O–H groups in total. The molecule has 146 valence electrons. The van der Waals surface area contributed by atoms with Crippen LogP contribution in [0.3, 0.4) is 0 Å². The topological polar surface area (TPSA) is 50.8 Å². The number of carbonyl (C=O) groups excluding carboxylic acids is 1. The molecule has 0 fully saturated rings. The largest absolute Gasteiger partial charge is 0.490 e. The predicted molar refractivity (Wildman–Crippen MR) is 105 cm³/mol. The normalized spacial score (nSPS) is 11.9. The Kier molecular flexibility index (Phi) is 7.61. The first-order chi connectivity index (χ1) is 12.9. The molecule has 0 heterocycles. The van der Waals surface area contributed by atoms with Gasteiger partial charge in [0.2, 0.25) is 5.91 Å².